The van der Waals surface area contributed by atoms with Crippen LogP contribution in [0.5, 0.6) is 0 Å². The van der Waals surface area contributed by atoms with Crippen LogP contribution in [0.4, 0.5) is 4.39 Å². The van der Waals surface area contributed by atoms with E-state index in [4.69, 9.17) is 5.11 Å². The largest absolute Gasteiger partial charge is 0.481 e. The first-order chi connectivity index (χ1) is 7.42. The first-order valence-electron chi connectivity index (χ1n) is 4.38. The van der Waals surface area contributed by atoms with Gasteiger partial charge in [-0.15, -0.1) is 0 Å². The van der Waals surface area contributed by atoms with Gasteiger partial charge in [-0.25, -0.2) is 12.8 Å². The highest BCUT2D eigenvalue weighted by molar-refractivity contribution is 7.95. The molecule has 0 saturated heterocycles. The maximum Gasteiger partial charge on any atom is 0.307 e. The molecule has 0 unspecified atom stereocenters. The normalized spacial score (nSPS) is 16.7. The Bertz CT molecular complexity index is 601. The molecule has 2 rings (SSSR count). The average Bonchev–Trinajstić information content (AvgIpc) is 2.38. The Balaban J connectivity index is 2.65. The molecule has 1 N–H and O–H groups in total. The van der Waals surface area contributed by atoms with E-state index in [1.165, 1.54) is 12.1 Å². The number of fused-ring (bicyclic) bond motifs is 1. The number of carboxylic acids is 1. The summed E-state index contributed by atoms with van der Waals surface area (Å²) in [6.45, 7) is 0. The SMILES string of the molecule is O=C(O)CC1=CS(=O)(=O)c2c(F)cccc21. The molecule has 0 atom stereocenters. The Morgan fingerprint density at radius 2 is 2.06 bits per heavy atom. The molecule has 1 aromatic rings. The number of carboxylic acid groups (broad SMARTS) is 1. The molecule has 84 valence electrons. The van der Waals surface area contributed by atoms with E-state index < -0.39 is 32.9 Å². The standard InChI is InChI=1S/C10H7FO4S/c11-8-3-1-2-7-6(4-9(12)13)5-16(14,15)10(7)8/h1-3,5H,4H2,(H,12,13). The molecule has 0 saturated carbocycles. The van der Waals surface area contributed by atoms with E-state index in [2.05, 4.69) is 0 Å². The molecule has 16 heavy (non-hydrogen) atoms. The van der Waals surface area contributed by atoms with Gasteiger partial charge in [0.1, 0.15) is 10.7 Å². The highest BCUT2D eigenvalue weighted by Gasteiger charge is 2.30. The zero-order valence-corrected chi connectivity index (χ0v) is 8.79. The molecule has 4 nitrogen and oxygen atoms in total. The Kier molecular flexibility index (Phi) is 2.31. The maximum absolute atomic E-state index is 13.3. The summed E-state index contributed by atoms with van der Waals surface area (Å²) in [5.41, 5.74) is 0.254. The van der Waals surface area contributed by atoms with Crippen LogP contribution in [0.1, 0.15) is 12.0 Å². The number of carbonyl (C=O) groups is 1. The van der Waals surface area contributed by atoms with Gasteiger partial charge in [0.15, 0.2) is 0 Å². The van der Waals surface area contributed by atoms with Crippen molar-refractivity contribution in [3.63, 3.8) is 0 Å². The van der Waals surface area contributed by atoms with Gasteiger partial charge in [0.2, 0.25) is 9.84 Å². The maximum atomic E-state index is 13.3. The number of benzene rings is 1. The smallest absolute Gasteiger partial charge is 0.307 e. The van der Waals surface area contributed by atoms with Gasteiger partial charge in [0.05, 0.1) is 6.42 Å². The van der Waals surface area contributed by atoms with E-state index in [9.17, 15) is 17.6 Å². The molecular weight excluding hydrogens is 235 g/mol. The van der Waals surface area contributed by atoms with Gasteiger partial charge in [0.25, 0.3) is 0 Å². The van der Waals surface area contributed by atoms with Crippen LogP contribution in [-0.4, -0.2) is 19.5 Å². The first kappa shape index (κ1) is 10.8. The van der Waals surface area contributed by atoms with Crippen LogP contribution < -0.4 is 0 Å². The van der Waals surface area contributed by atoms with Gasteiger partial charge in [-0.1, -0.05) is 12.1 Å². The molecule has 0 radical (unpaired) electrons. The van der Waals surface area contributed by atoms with Crippen LogP contribution in [0.25, 0.3) is 5.57 Å². The number of halogens is 1. The lowest BCUT2D eigenvalue weighted by Crippen LogP contribution is -1.98. The molecule has 0 spiro atoms. The fourth-order valence-corrected chi connectivity index (χ4v) is 3.21. The van der Waals surface area contributed by atoms with Gasteiger partial charge >= 0.3 is 5.97 Å². The molecule has 0 aromatic heterocycles. The Morgan fingerprint density at radius 1 is 1.38 bits per heavy atom. The van der Waals surface area contributed by atoms with E-state index in [1.54, 1.807) is 0 Å². The lowest BCUT2D eigenvalue weighted by molar-refractivity contribution is -0.135. The van der Waals surface area contributed by atoms with Crippen molar-refractivity contribution in [3.05, 3.63) is 35.0 Å². The summed E-state index contributed by atoms with van der Waals surface area (Å²) in [6, 6.07) is 3.79. The number of hydrogen-bond donors (Lipinski definition) is 1. The second kappa shape index (κ2) is 3.41. The second-order valence-corrected chi connectivity index (χ2v) is 5.11. The quantitative estimate of drug-likeness (QED) is 0.851. The Morgan fingerprint density at radius 3 is 2.69 bits per heavy atom. The molecule has 1 heterocycles. The molecule has 1 aliphatic rings. The third kappa shape index (κ3) is 1.61. The number of sulfone groups is 1. The summed E-state index contributed by atoms with van der Waals surface area (Å²) in [5.74, 6) is -2.01. The van der Waals surface area contributed by atoms with E-state index in [0.29, 0.717) is 0 Å². The fraction of sp³-hybridized carbons (Fsp3) is 0.100. The van der Waals surface area contributed by atoms with E-state index in [0.717, 1.165) is 11.5 Å². The minimum atomic E-state index is -3.83. The van der Waals surface area contributed by atoms with Crippen molar-refractivity contribution >= 4 is 21.4 Å². The van der Waals surface area contributed by atoms with Crippen molar-refractivity contribution in [2.45, 2.75) is 11.3 Å². The molecule has 0 amide bonds. The van der Waals surface area contributed by atoms with Crippen LogP contribution in [0.3, 0.4) is 0 Å². The van der Waals surface area contributed by atoms with E-state index in [1.807, 2.05) is 0 Å². The number of hydrogen-bond acceptors (Lipinski definition) is 3. The molecule has 1 aliphatic heterocycles. The van der Waals surface area contributed by atoms with Crippen molar-refractivity contribution in [2.24, 2.45) is 0 Å². The van der Waals surface area contributed by atoms with Gasteiger partial charge < -0.3 is 5.11 Å². The van der Waals surface area contributed by atoms with Gasteiger partial charge in [-0.05, 0) is 11.6 Å². The highest BCUT2D eigenvalue weighted by Crippen LogP contribution is 2.36. The van der Waals surface area contributed by atoms with Crippen LogP contribution in [-0.2, 0) is 14.6 Å². The summed E-state index contributed by atoms with van der Waals surface area (Å²) in [6.07, 6.45) is -0.435. The van der Waals surface area contributed by atoms with Gasteiger partial charge in [-0.2, -0.15) is 0 Å². The van der Waals surface area contributed by atoms with Crippen LogP contribution in [0, 0.1) is 5.82 Å². The second-order valence-electron chi connectivity index (χ2n) is 3.38. The fourth-order valence-electron chi connectivity index (χ4n) is 1.66. The third-order valence-electron chi connectivity index (χ3n) is 2.24. The van der Waals surface area contributed by atoms with Crippen molar-refractivity contribution in [1.82, 2.24) is 0 Å². The third-order valence-corrected chi connectivity index (χ3v) is 3.82. The number of aliphatic carboxylic acids is 1. The summed E-state index contributed by atoms with van der Waals surface area (Å²) in [4.78, 5) is 10.1. The lowest BCUT2D eigenvalue weighted by Gasteiger charge is -2.02. The van der Waals surface area contributed by atoms with Gasteiger partial charge in [-0.3, -0.25) is 4.79 Å². The molecule has 0 aliphatic carbocycles. The minimum Gasteiger partial charge on any atom is -0.481 e. The number of rotatable bonds is 2. The Hall–Kier alpha value is -1.69. The summed E-state index contributed by atoms with van der Waals surface area (Å²) in [7, 11) is -3.83. The van der Waals surface area contributed by atoms with E-state index >= 15 is 0 Å². The Labute approximate surface area is 90.9 Å². The highest BCUT2D eigenvalue weighted by atomic mass is 32.2. The average molecular weight is 242 g/mol. The van der Waals surface area contributed by atoms with Crippen molar-refractivity contribution < 1.29 is 22.7 Å². The zero-order valence-electron chi connectivity index (χ0n) is 7.97. The van der Waals surface area contributed by atoms with Crippen LogP contribution >= 0.6 is 0 Å². The summed E-state index contributed by atoms with van der Waals surface area (Å²) >= 11 is 0. The summed E-state index contributed by atoms with van der Waals surface area (Å²) in [5, 5.41) is 9.42. The predicted octanol–water partition coefficient (Wildman–Crippen LogP) is 1.43. The molecule has 1 aromatic carbocycles. The minimum absolute atomic E-state index is 0.113. The van der Waals surface area contributed by atoms with Crippen LogP contribution in [0.15, 0.2) is 28.5 Å². The van der Waals surface area contributed by atoms with Crippen LogP contribution in [0.2, 0.25) is 0 Å². The lowest BCUT2D eigenvalue weighted by atomic mass is 10.1. The zero-order chi connectivity index (χ0) is 11.9. The van der Waals surface area contributed by atoms with Gasteiger partial charge in [0, 0.05) is 11.0 Å². The molecular formula is C10H7FO4S. The molecule has 0 bridgehead atoms. The van der Waals surface area contributed by atoms with Crippen molar-refractivity contribution in [2.75, 3.05) is 0 Å². The van der Waals surface area contributed by atoms with Crippen molar-refractivity contribution in [1.29, 1.82) is 0 Å². The van der Waals surface area contributed by atoms with Crippen molar-refractivity contribution in [3.8, 4) is 0 Å². The predicted molar refractivity (Wildman–Crippen MR) is 53.8 cm³/mol. The topological polar surface area (TPSA) is 71.4 Å². The molecule has 0 fully saturated rings. The van der Waals surface area contributed by atoms with E-state index in [-0.39, 0.29) is 11.1 Å². The summed E-state index contributed by atoms with van der Waals surface area (Å²) < 4.78 is 36.5. The monoisotopic (exact) mass is 242 g/mol. The first-order valence-corrected chi connectivity index (χ1v) is 5.93. The molecule has 6 heteroatoms.